The molecule has 0 spiro atoms. The van der Waals surface area contributed by atoms with Crippen LogP contribution < -0.4 is 0 Å². The van der Waals surface area contributed by atoms with E-state index < -0.39 is 0 Å². The molecule has 3 nitrogen and oxygen atoms in total. The number of aromatic hydroxyl groups is 2. The maximum atomic E-state index is 10.2. The monoisotopic (exact) mass is 655 g/mol. The molecule has 3 N–H and O–H groups in total. The van der Waals surface area contributed by atoms with E-state index in [1.807, 2.05) is 24.3 Å². The Morgan fingerprint density at radius 3 is 1.88 bits per heavy atom. The molecule has 0 amide bonds. The van der Waals surface area contributed by atoms with Crippen LogP contribution >= 0.6 is 0 Å². The van der Waals surface area contributed by atoms with Gasteiger partial charge in [-0.1, -0.05) is 104 Å². The van der Waals surface area contributed by atoms with Crippen molar-refractivity contribution in [2.45, 2.75) is 138 Å². The predicted molar refractivity (Wildman–Crippen MR) is 203 cm³/mol. The molecule has 6 rings (SSSR count). The molecule has 3 saturated carbocycles. The van der Waals surface area contributed by atoms with Crippen LogP contribution in [0.25, 0.3) is 11.1 Å². The van der Waals surface area contributed by atoms with Gasteiger partial charge < -0.3 is 15.3 Å². The van der Waals surface area contributed by atoms with Crippen LogP contribution in [0.5, 0.6) is 11.5 Å². The van der Waals surface area contributed by atoms with Crippen LogP contribution in [0.2, 0.25) is 0 Å². The molecule has 2 aromatic carbocycles. The Morgan fingerprint density at radius 1 is 0.750 bits per heavy atom. The average molecular weight is 655 g/mol. The molecule has 48 heavy (non-hydrogen) atoms. The van der Waals surface area contributed by atoms with Gasteiger partial charge in [-0.2, -0.15) is 0 Å². The number of phenolic OH excluding ortho intramolecular Hbond substituents is 2. The molecule has 0 bridgehead atoms. The molecule has 8 atom stereocenters. The Balaban J connectivity index is 0.000000199. The van der Waals surface area contributed by atoms with Crippen molar-refractivity contribution in [2.75, 3.05) is 0 Å². The summed E-state index contributed by atoms with van der Waals surface area (Å²) in [5, 5.41) is 29.0. The van der Waals surface area contributed by atoms with Crippen molar-refractivity contribution < 1.29 is 15.3 Å². The van der Waals surface area contributed by atoms with Gasteiger partial charge in [0.1, 0.15) is 11.5 Å². The molecule has 0 unspecified atom stereocenters. The fourth-order valence-electron chi connectivity index (χ4n) is 11.2. The standard InChI is InChI=1S/C27H46O.C18H20O2/c1-18(2)7-6-8-19(3)23-11-12-24-22-10-9-20-17-21(28)13-15-26(20,4)25(22)14-16-27(23,24)5;1-3-17(13-5-9-15(19)10-6-13)18(4-2)14-7-11-16(20)12-8-14/h9,18-19,21-25,28H,6-8,10-17H2,1-5H3;5-12,19-20H,3-4H2,1-2H3/t19-,21+,22+,23-,24+,25+,26+,27-;/m1./s1. The fourth-order valence-corrected chi connectivity index (χ4v) is 11.2. The van der Waals surface area contributed by atoms with Crippen LogP contribution in [0.1, 0.15) is 143 Å². The summed E-state index contributed by atoms with van der Waals surface area (Å²) in [4.78, 5) is 0. The Labute approximate surface area is 293 Å². The molecule has 2 aromatic rings. The highest BCUT2D eigenvalue weighted by atomic mass is 16.3. The minimum absolute atomic E-state index is 0.0766. The molecule has 3 heteroatoms. The van der Waals surface area contributed by atoms with Crippen LogP contribution in [-0.2, 0) is 0 Å². The summed E-state index contributed by atoms with van der Waals surface area (Å²) in [7, 11) is 0. The van der Waals surface area contributed by atoms with Crippen molar-refractivity contribution in [3.63, 3.8) is 0 Å². The minimum Gasteiger partial charge on any atom is -0.508 e. The largest absolute Gasteiger partial charge is 0.508 e. The van der Waals surface area contributed by atoms with Gasteiger partial charge in [0.05, 0.1) is 6.10 Å². The van der Waals surface area contributed by atoms with Crippen LogP contribution in [-0.4, -0.2) is 21.4 Å². The lowest BCUT2D eigenvalue weighted by atomic mass is 9.47. The van der Waals surface area contributed by atoms with Crippen LogP contribution in [0.15, 0.2) is 60.2 Å². The van der Waals surface area contributed by atoms with Gasteiger partial charge in [0.15, 0.2) is 0 Å². The lowest BCUT2D eigenvalue weighted by Crippen LogP contribution is -2.50. The fraction of sp³-hybridized carbons (Fsp3) is 0.644. The summed E-state index contributed by atoms with van der Waals surface area (Å²) >= 11 is 0. The van der Waals surface area contributed by atoms with Crippen LogP contribution in [0, 0.1) is 46.3 Å². The molecule has 0 aromatic heterocycles. The van der Waals surface area contributed by atoms with Crippen molar-refractivity contribution >= 4 is 11.1 Å². The normalized spacial score (nSPS) is 32.2. The van der Waals surface area contributed by atoms with E-state index in [0.717, 1.165) is 72.3 Å². The third kappa shape index (κ3) is 7.62. The van der Waals surface area contributed by atoms with Gasteiger partial charge in [0.25, 0.3) is 0 Å². The van der Waals surface area contributed by atoms with Crippen molar-refractivity contribution in [1.82, 2.24) is 0 Å². The second kappa shape index (κ2) is 15.6. The Morgan fingerprint density at radius 2 is 1.33 bits per heavy atom. The maximum absolute atomic E-state index is 10.2. The van der Waals surface area contributed by atoms with Gasteiger partial charge in [0.2, 0.25) is 0 Å². The zero-order valence-electron chi connectivity index (χ0n) is 31.3. The molecule has 4 aliphatic carbocycles. The summed E-state index contributed by atoms with van der Waals surface area (Å²) in [6.45, 7) is 16.8. The Bertz CT molecular complexity index is 1350. The molecule has 0 heterocycles. The van der Waals surface area contributed by atoms with Gasteiger partial charge in [-0.05, 0) is 157 Å². The average Bonchev–Trinajstić information content (AvgIpc) is 3.42. The smallest absolute Gasteiger partial charge is 0.115 e. The predicted octanol–water partition coefficient (Wildman–Crippen LogP) is 12.2. The number of rotatable bonds is 9. The highest BCUT2D eigenvalue weighted by Gasteiger charge is 2.59. The minimum atomic E-state index is -0.0766. The Hall–Kier alpha value is -2.52. The lowest BCUT2D eigenvalue weighted by Gasteiger charge is -2.58. The molecule has 0 radical (unpaired) electrons. The first-order valence-electron chi connectivity index (χ1n) is 19.6. The molecular formula is C45H66O3. The van der Waals surface area contributed by atoms with Crippen LogP contribution in [0.4, 0.5) is 0 Å². The van der Waals surface area contributed by atoms with Crippen molar-refractivity contribution in [1.29, 1.82) is 0 Å². The summed E-state index contributed by atoms with van der Waals surface area (Å²) in [5.41, 5.74) is 7.42. The first kappa shape index (κ1) is 36.8. The summed E-state index contributed by atoms with van der Waals surface area (Å²) in [5.74, 6) is 6.03. The zero-order chi connectivity index (χ0) is 34.6. The van der Waals surface area contributed by atoms with E-state index in [1.165, 1.54) is 68.9 Å². The Kier molecular flexibility index (Phi) is 11.9. The van der Waals surface area contributed by atoms with Gasteiger partial charge in [-0.3, -0.25) is 0 Å². The van der Waals surface area contributed by atoms with Gasteiger partial charge in [-0.25, -0.2) is 0 Å². The third-order valence-electron chi connectivity index (χ3n) is 13.8. The highest BCUT2D eigenvalue weighted by molar-refractivity contribution is 5.90. The SMILES string of the molecule is CC(C)CCC[C@@H](C)[C@H]1CC[C@H]2[C@@H]3CC=C4C[C@@H](O)CC[C@]4(C)[C@H]3CC[C@]12C.CCC(=C(CC)c1ccc(O)cc1)c1ccc(O)cc1. The summed E-state index contributed by atoms with van der Waals surface area (Å²) in [6.07, 6.45) is 19.0. The van der Waals surface area contributed by atoms with Crippen molar-refractivity contribution in [3.05, 3.63) is 71.3 Å². The number of fused-ring (bicyclic) bond motifs is 5. The topological polar surface area (TPSA) is 60.7 Å². The molecule has 4 aliphatic rings. The van der Waals surface area contributed by atoms with E-state index in [0.29, 0.717) is 10.8 Å². The van der Waals surface area contributed by atoms with Gasteiger partial charge in [0, 0.05) is 0 Å². The number of allylic oxidation sites excluding steroid dienone is 3. The van der Waals surface area contributed by atoms with E-state index in [2.05, 4.69) is 54.5 Å². The second-order valence-corrected chi connectivity index (χ2v) is 16.9. The van der Waals surface area contributed by atoms with Crippen LogP contribution in [0.3, 0.4) is 0 Å². The van der Waals surface area contributed by atoms with Crippen molar-refractivity contribution in [2.24, 2.45) is 46.3 Å². The molecule has 264 valence electrons. The van der Waals surface area contributed by atoms with E-state index >= 15 is 0 Å². The first-order valence-corrected chi connectivity index (χ1v) is 19.6. The highest BCUT2D eigenvalue weighted by Crippen LogP contribution is 2.67. The lowest BCUT2D eigenvalue weighted by molar-refractivity contribution is -0.0573. The summed E-state index contributed by atoms with van der Waals surface area (Å²) < 4.78 is 0. The second-order valence-electron chi connectivity index (χ2n) is 16.9. The number of phenols is 2. The molecule has 3 fully saturated rings. The van der Waals surface area contributed by atoms with E-state index in [1.54, 1.807) is 29.8 Å². The quantitative estimate of drug-likeness (QED) is 0.186. The third-order valence-corrected chi connectivity index (χ3v) is 13.8. The van der Waals surface area contributed by atoms with Gasteiger partial charge >= 0.3 is 0 Å². The van der Waals surface area contributed by atoms with Crippen molar-refractivity contribution in [3.8, 4) is 11.5 Å². The van der Waals surface area contributed by atoms with E-state index in [-0.39, 0.29) is 17.6 Å². The molecular weight excluding hydrogens is 588 g/mol. The van der Waals surface area contributed by atoms with Gasteiger partial charge in [-0.15, -0.1) is 0 Å². The number of aliphatic hydroxyl groups excluding tert-OH is 1. The zero-order valence-corrected chi connectivity index (χ0v) is 31.3. The first-order chi connectivity index (χ1) is 22.9. The maximum Gasteiger partial charge on any atom is 0.115 e. The number of benzene rings is 2. The van der Waals surface area contributed by atoms with E-state index in [9.17, 15) is 15.3 Å². The molecule has 0 aliphatic heterocycles. The number of hydrogen-bond donors (Lipinski definition) is 3. The van der Waals surface area contributed by atoms with E-state index in [4.69, 9.17) is 0 Å². The molecule has 0 saturated heterocycles. The number of aliphatic hydroxyl groups is 1. The summed E-state index contributed by atoms with van der Waals surface area (Å²) in [6, 6.07) is 14.7. The number of hydrogen-bond acceptors (Lipinski definition) is 3.